The number of nitrogens with zero attached hydrogens (tertiary/aromatic N) is 2. The number of thioether (sulfide) groups is 1. The minimum atomic E-state index is -4.26. The topological polar surface area (TPSA) is 63.1 Å². The van der Waals surface area contributed by atoms with Crippen LogP contribution in [0.25, 0.3) is 0 Å². The van der Waals surface area contributed by atoms with Crippen molar-refractivity contribution in [3.05, 3.63) is 17.1 Å². The molecular weight excluding hydrogens is 269 g/mol. The van der Waals surface area contributed by atoms with Gasteiger partial charge in [0.25, 0.3) is 0 Å². The van der Waals surface area contributed by atoms with Crippen LogP contribution in [0.2, 0.25) is 0 Å². The molecule has 0 saturated heterocycles. The van der Waals surface area contributed by atoms with Crippen molar-refractivity contribution in [1.82, 2.24) is 9.97 Å². The summed E-state index contributed by atoms with van der Waals surface area (Å²) in [4.78, 5) is 18.8. The Morgan fingerprint density at radius 1 is 1.33 bits per heavy atom. The number of aryl methyl sites for hydroxylation is 2. The standard InChI is InChI=1S/C10H11F3N2O2S/c1-5-7(9(16)17)8(15-6(2)14-5)18-4-3-10(11,12)13/h3-4H2,1-2H3,(H,16,17). The molecule has 4 nitrogen and oxygen atoms in total. The number of halogens is 3. The summed E-state index contributed by atoms with van der Waals surface area (Å²) >= 11 is 0.779. The highest BCUT2D eigenvalue weighted by molar-refractivity contribution is 7.99. The van der Waals surface area contributed by atoms with Crippen LogP contribution in [0.3, 0.4) is 0 Å². The Kier molecular flexibility index (Phi) is 4.55. The second-order valence-electron chi connectivity index (χ2n) is 3.56. The van der Waals surface area contributed by atoms with E-state index in [2.05, 4.69) is 9.97 Å². The number of alkyl halides is 3. The van der Waals surface area contributed by atoms with Crippen LogP contribution in [0.15, 0.2) is 5.03 Å². The van der Waals surface area contributed by atoms with Crippen LogP contribution in [-0.2, 0) is 0 Å². The average Bonchev–Trinajstić information content (AvgIpc) is 2.13. The van der Waals surface area contributed by atoms with Gasteiger partial charge in [-0.2, -0.15) is 13.2 Å². The summed E-state index contributed by atoms with van der Waals surface area (Å²) in [7, 11) is 0. The molecule has 0 unspecified atom stereocenters. The zero-order chi connectivity index (χ0) is 13.9. The molecule has 0 atom stereocenters. The van der Waals surface area contributed by atoms with Gasteiger partial charge in [0, 0.05) is 5.75 Å². The largest absolute Gasteiger partial charge is 0.478 e. The van der Waals surface area contributed by atoms with Crippen molar-refractivity contribution in [3.8, 4) is 0 Å². The van der Waals surface area contributed by atoms with Crippen molar-refractivity contribution in [3.63, 3.8) is 0 Å². The Hall–Kier alpha value is -1.31. The van der Waals surface area contributed by atoms with Crippen LogP contribution in [-0.4, -0.2) is 33.0 Å². The van der Waals surface area contributed by atoms with Gasteiger partial charge in [0.2, 0.25) is 0 Å². The zero-order valence-corrected chi connectivity index (χ0v) is 10.5. The maximum atomic E-state index is 12.0. The number of rotatable bonds is 4. The van der Waals surface area contributed by atoms with Crippen molar-refractivity contribution < 1.29 is 23.1 Å². The van der Waals surface area contributed by atoms with E-state index in [0.717, 1.165) is 11.8 Å². The SMILES string of the molecule is Cc1nc(C)c(C(=O)O)c(SCCC(F)(F)F)n1. The maximum Gasteiger partial charge on any atom is 0.389 e. The van der Waals surface area contributed by atoms with Crippen molar-refractivity contribution in [2.75, 3.05) is 5.75 Å². The van der Waals surface area contributed by atoms with Crippen LogP contribution in [0.5, 0.6) is 0 Å². The first-order valence-electron chi connectivity index (χ1n) is 4.99. The maximum absolute atomic E-state index is 12.0. The highest BCUT2D eigenvalue weighted by Crippen LogP contribution is 2.28. The molecule has 0 aromatic carbocycles. The molecule has 1 N–H and O–H groups in total. The molecule has 1 aromatic rings. The molecular formula is C10H11F3N2O2S. The third-order valence-electron chi connectivity index (χ3n) is 2.01. The van der Waals surface area contributed by atoms with Crippen LogP contribution in [0.1, 0.15) is 28.3 Å². The molecule has 0 fully saturated rings. The Balaban J connectivity index is 2.90. The molecule has 100 valence electrons. The monoisotopic (exact) mass is 280 g/mol. The van der Waals surface area contributed by atoms with E-state index in [4.69, 9.17) is 5.11 Å². The zero-order valence-electron chi connectivity index (χ0n) is 9.71. The van der Waals surface area contributed by atoms with Gasteiger partial charge in [0.1, 0.15) is 16.4 Å². The van der Waals surface area contributed by atoms with Gasteiger partial charge in [-0.25, -0.2) is 14.8 Å². The van der Waals surface area contributed by atoms with Crippen LogP contribution in [0, 0.1) is 13.8 Å². The third kappa shape index (κ3) is 4.17. The molecule has 1 aromatic heterocycles. The lowest BCUT2D eigenvalue weighted by Crippen LogP contribution is -2.11. The molecule has 0 amide bonds. The fourth-order valence-electron chi connectivity index (χ4n) is 1.30. The van der Waals surface area contributed by atoms with Gasteiger partial charge in [-0.15, -0.1) is 11.8 Å². The van der Waals surface area contributed by atoms with Gasteiger partial charge in [0.05, 0.1) is 12.1 Å². The Labute approximate surface area is 106 Å². The molecule has 0 spiro atoms. The predicted octanol–water partition coefficient (Wildman–Crippen LogP) is 2.84. The van der Waals surface area contributed by atoms with Crippen LogP contribution < -0.4 is 0 Å². The smallest absolute Gasteiger partial charge is 0.389 e. The first kappa shape index (κ1) is 14.7. The van der Waals surface area contributed by atoms with Crippen LogP contribution in [0.4, 0.5) is 13.2 Å². The Morgan fingerprint density at radius 3 is 2.44 bits per heavy atom. The second-order valence-corrected chi connectivity index (χ2v) is 4.64. The first-order valence-corrected chi connectivity index (χ1v) is 5.97. The molecule has 0 saturated carbocycles. The minimum absolute atomic E-state index is 0.0803. The summed E-state index contributed by atoms with van der Waals surface area (Å²) in [6.45, 7) is 3.05. The molecule has 1 rings (SSSR count). The van der Waals surface area contributed by atoms with Crippen molar-refractivity contribution >= 4 is 17.7 Å². The molecule has 0 aliphatic rings. The number of hydrogen-bond donors (Lipinski definition) is 1. The van der Waals surface area contributed by atoms with Gasteiger partial charge in [-0.05, 0) is 13.8 Å². The summed E-state index contributed by atoms with van der Waals surface area (Å²) in [6, 6.07) is 0. The van der Waals surface area contributed by atoms with Gasteiger partial charge < -0.3 is 5.11 Å². The molecule has 0 aliphatic heterocycles. The second kappa shape index (κ2) is 5.55. The van der Waals surface area contributed by atoms with Crippen LogP contribution >= 0.6 is 11.8 Å². The summed E-state index contributed by atoms with van der Waals surface area (Å²) in [5.41, 5.74) is 0.122. The van der Waals surface area contributed by atoms with E-state index in [1.165, 1.54) is 6.92 Å². The molecule has 1 heterocycles. The van der Waals surface area contributed by atoms with Gasteiger partial charge in [-0.3, -0.25) is 0 Å². The van der Waals surface area contributed by atoms with E-state index in [9.17, 15) is 18.0 Å². The van der Waals surface area contributed by atoms with E-state index >= 15 is 0 Å². The summed E-state index contributed by atoms with van der Waals surface area (Å²) in [5, 5.41) is 9.06. The summed E-state index contributed by atoms with van der Waals surface area (Å²) < 4.78 is 36.0. The molecule has 18 heavy (non-hydrogen) atoms. The number of aromatic nitrogens is 2. The number of carbonyl (C=O) groups is 1. The molecule has 8 heteroatoms. The number of carboxylic acids is 1. The van der Waals surface area contributed by atoms with E-state index in [0.29, 0.717) is 5.82 Å². The number of carboxylic acid groups (broad SMARTS) is 1. The van der Waals surface area contributed by atoms with E-state index in [1.807, 2.05) is 0 Å². The lowest BCUT2D eigenvalue weighted by Gasteiger charge is -2.09. The third-order valence-corrected chi connectivity index (χ3v) is 2.98. The van der Waals surface area contributed by atoms with Crippen molar-refractivity contribution in [1.29, 1.82) is 0 Å². The lowest BCUT2D eigenvalue weighted by atomic mass is 10.2. The van der Waals surface area contributed by atoms with Gasteiger partial charge in [-0.1, -0.05) is 0 Å². The van der Waals surface area contributed by atoms with E-state index < -0.39 is 18.6 Å². The fourth-order valence-corrected chi connectivity index (χ4v) is 2.40. The Morgan fingerprint density at radius 2 is 1.94 bits per heavy atom. The molecule has 0 bridgehead atoms. The Bertz CT molecular complexity index is 463. The van der Waals surface area contributed by atoms with Crippen molar-refractivity contribution in [2.24, 2.45) is 0 Å². The normalized spacial score (nSPS) is 11.6. The highest BCUT2D eigenvalue weighted by Gasteiger charge is 2.27. The van der Waals surface area contributed by atoms with Crippen molar-refractivity contribution in [2.45, 2.75) is 31.5 Å². The minimum Gasteiger partial charge on any atom is -0.478 e. The quantitative estimate of drug-likeness (QED) is 0.678. The fraction of sp³-hybridized carbons (Fsp3) is 0.500. The van der Waals surface area contributed by atoms with Gasteiger partial charge >= 0.3 is 12.1 Å². The molecule has 0 aliphatic carbocycles. The average molecular weight is 280 g/mol. The molecule has 0 radical (unpaired) electrons. The van der Waals surface area contributed by atoms with Gasteiger partial charge in [0.15, 0.2) is 0 Å². The highest BCUT2D eigenvalue weighted by atomic mass is 32.2. The summed E-state index contributed by atoms with van der Waals surface area (Å²) in [6.07, 6.45) is -5.24. The number of hydrogen-bond acceptors (Lipinski definition) is 4. The van der Waals surface area contributed by atoms with E-state index in [-0.39, 0.29) is 22.0 Å². The first-order chi connectivity index (χ1) is 8.20. The summed E-state index contributed by atoms with van der Waals surface area (Å²) in [5.74, 6) is -1.16. The predicted molar refractivity (Wildman–Crippen MR) is 59.9 cm³/mol. The number of aromatic carboxylic acids is 1. The van der Waals surface area contributed by atoms with E-state index in [1.54, 1.807) is 6.92 Å². The lowest BCUT2D eigenvalue weighted by molar-refractivity contribution is -0.129.